The molecule has 9 heteroatoms. The number of halogens is 3. The molecule has 1 aromatic carbocycles. The third kappa shape index (κ3) is 6.91. The van der Waals surface area contributed by atoms with E-state index in [0.717, 1.165) is 35.3 Å². The maximum absolute atomic E-state index is 12.5. The second kappa shape index (κ2) is 10.0. The predicted molar refractivity (Wildman–Crippen MR) is 96.5 cm³/mol. The van der Waals surface area contributed by atoms with Crippen molar-refractivity contribution in [3.63, 3.8) is 0 Å². The molecule has 0 aliphatic heterocycles. The van der Waals surface area contributed by atoms with Gasteiger partial charge in [0, 0.05) is 19.0 Å². The molecule has 1 aromatic heterocycles. The van der Waals surface area contributed by atoms with Gasteiger partial charge in [0.05, 0.1) is 13.2 Å². The summed E-state index contributed by atoms with van der Waals surface area (Å²) >= 11 is 0.969. The van der Waals surface area contributed by atoms with Gasteiger partial charge < -0.3 is 15.4 Å². The Hall–Kier alpha value is -2.29. The Morgan fingerprint density at radius 1 is 1.19 bits per heavy atom. The van der Waals surface area contributed by atoms with Gasteiger partial charge in [-0.1, -0.05) is 18.2 Å². The van der Waals surface area contributed by atoms with Crippen molar-refractivity contribution in [2.75, 3.05) is 20.2 Å². The number of ether oxygens (including phenoxy) is 1. The Bertz CT molecular complexity index is 689. The van der Waals surface area contributed by atoms with E-state index >= 15 is 0 Å². The lowest BCUT2D eigenvalue weighted by Gasteiger charge is -2.11. The van der Waals surface area contributed by atoms with Crippen molar-refractivity contribution >= 4 is 17.3 Å². The Labute approximate surface area is 154 Å². The molecule has 2 rings (SSSR count). The maximum Gasteiger partial charge on any atom is 0.434 e. The molecule has 0 saturated carbocycles. The molecule has 2 N–H and O–H groups in total. The zero-order chi connectivity index (χ0) is 18.8. The molecular weight excluding hydrogens is 365 g/mol. The number of hydrogen-bond donors (Lipinski definition) is 2. The number of nitrogens with zero attached hydrogens (tertiary/aromatic N) is 2. The van der Waals surface area contributed by atoms with Crippen LogP contribution in [0.4, 0.5) is 13.2 Å². The lowest BCUT2D eigenvalue weighted by Crippen LogP contribution is -2.37. The van der Waals surface area contributed by atoms with Gasteiger partial charge in [0.15, 0.2) is 11.7 Å². The Kier molecular flexibility index (Phi) is 7.71. The minimum atomic E-state index is -4.41. The third-order valence-electron chi connectivity index (χ3n) is 3.35. The van der Waals surface area contributed by atoms with E-state index in [9.17, 15) is 13.2 Å². The molecular formula is C17H21F3N4OS. The molecule has 2 aromatic rings. The standard InChI is InChI=1S/C17H21F3N4OS/c1-21-16(23-11-15-24-14(12-26-15)17(18,19)20)22-9-5-6-10-25-13-7-3-2-4-8-13/h2-4,7-8,12H,5-6,9-11H2,1H3,(H2,21,22,23). The smallest absolute Gasteiger partial charge is 0.434 e. The molecule has 0 saturated heterocycles. The minimum Gasteiger partial charge on any atom is -0.494 e. The Morgan fingerprint density at radius 2 is 1.96 bits per heavy atom. The average Bonchev–Trinajstić information content (AvgIpc) is 3.11. The summed E-state index contributed by atoms with van der Waals surface area (Å²) in [6, 6.07) is 9.60. The van der Waals surface area contributed by atoms with Crippen LogP contribution < -0.4 is 15.4 Å². The van der Waals surface area contributed by atoms with Crippen LogP contribution in [0.1, 0.15) is 23.5 Å². The summed E-state index contributed by atoms with van der Waals surface area (Å²) in [6.45, 7) is 1.50. The molecule has 142 valence electrons. The highest BCUT2D eigenvalue weighted by molar-refractivity contribution is 7.09. The third-order valence-corrected chi connectivity index (χ3v) is 4.20. The van der Waals surface area contributed by atoms with Gasteiger partial charge in [-0.15, -0.1) is 11.3 Å². The number of thiazole rings is 1. The second-order valence-electron chi connectivity index (χ2n) is 5.35. The summed E-state index contributed by atoms with van der Waals surface area (Å²) in [4.78, 5) is 7.61. The van der Waals surface area contributed by atoms with Crippen molar-refractivity contribution in [2.24, 2.45) is 4.99 Å². The number of unbranched alkanes of at least 4 members (excludes halogenated alkanes) is 1. The average molecular weight is 386 g/mol. The van der Waals surface area contributed by atoms with Gasteiger partial charge in [-0.3, -0.25) is 4.99 Å². The Morgan fingerprint density at radius 3 is 2.62 bits per heavy atom. The zero-order valence-electron chi connectivity index (χ0n) is 14.3. The van der Waals surface area contributed by atoms with Crippen LogP contribution in [-0.4, -0.2) is 31.1 Å². The van der Waals surface area contributed by atoms with Gasteiger partial charge in [-0.2, -0.15) is 13.2 Å². The second-order valence-corrected chi connectivity index (χ2v) is 6.29. The van der Waals surface area contributed by atoms with Gasteiger partial charge in [0.2, 0.25) is 0 Å². The first kappa shape index (κ1) is 20.0. The number of benzene rings is 1. The van der Waals surface area contributed by atoms with Gasteiger partial charge >= 0.3 is 6.18 Å². The highest BCUT2D eigenvalue weighted by Gasteiger charge is 2.33. The molecule has 0 aliphatic rings. The molecule has 0 unspecified atom stereocenters. The SMILES string of the molecule is CN=C(NCCCCOc1ccccc1)NCc1nc(C(F)(F)F)cs1. The molecule has 0 amide bonds. The largest absolute Gasteiger partial charge is 0.494 e. The fourth-order valence-corrected chi connectivity index (χ4v) is 2.78. The molecule has 0 fully saturated rings. The van der Waals surface area contributed by atoms with Crippen molar-refractivity contribution in [3.05, 3.63) is 46.4 Å². The first-order valence-corrected chi connectivity index (χ1v) is 9.01. The van der Waals surface area contributed by atoms with E-state index in [2.05, 4.69) is 20.6 Å². The minimum absolute atomic E-state index is 0.192. The normalized spacial score (nSPS) is 12.1. The highest BCUT2D eigenvalue weighted by Crippen LogP contribution is 2.29. The first-order valence-electron chi connectivity index (χ1n) is 8.13. The lowest BCUT2D eigenvalue weighted by atomic mass is 10.3. The van der Waals surface area contributed by atoms with E-state index in [1.54, 1.807) is 7.05 Å². The van der Waals surface area contributed by atoms with Crippen molar-refractivity contribution < 1.29 is 17.9 Å². The van der Waals surface area contributed by atoms with Crippen LogP contribution in [0, 0.1) is 0 Å². The van der Waals surface area contributed by atoms with Crippen molar-refractivity contribution in [2.45, 2.75) is 25.6 Å². The van der Waals surface area contributed by atoms with Crippen LogP contribution in [0.15, 0.2) is 40.7 Å². The van der Waals surface area contributed by atoms with E-state index in [0.29, 0.717) is 24.1 Å². The number of hydrogen-bond acceptors (Lipinski definition) is 4. The van der Waals surface area contributed by atoms with E-state index in [1.165, 1.54) is 0 Å². The van der Waals surface area contributed by atoms with Gasteiger partial charge in [-0.25, -0.2) is 4.98 Å². The fourth-order valence-electron chi connectivity index (χ4n) is 2.04. The van der Waals surface area contributed by atoms with E-state index in [1.807, 2.05) is 30.3 Å². The molecule has 26 heavy (non-hydrogen) atoms. The number of nitrogens with one attached hydrogen (secondary N) is 2. The van der Waals surface area contributed by atoms with Gasteiger partial charge in [-0.05, 0) is 25.0 Å². The monoisotopic (exact) mass is 386 g/mol. The molecule has 0 atom stereocenters. The summed E-state index contributed by atoms with van der Waals surface area (Å²) in [5.41, 5.74) is -0.860. The molecule has 5 nitrogen and oxygen atoms in total. The number of aliphatic imine (C=N–C) groups is 1. The van der Waals surface area contributed by atoms with Crippen molar-refractivity contribution in [1.82, 2.24) is 15.6 Å². The zero-order valence-corrected chi connectivity index (χ0v) is 15.2. The molecule has 1 heterocycles. The van der Waals surface area contributed by atoms with E-state index in [4.69, 9.17) is 4.74 Å². The van der Waals surface area contributed by atoms with Crippen molar-refractivity contribution in [3.8, 4) is 5.75 Å². The van der Waals surface area contributed by atoms with Crippen LogP contribution in [0.3, 0.4) is 0 Å². The molecule has 0 bridgehead atoms. The summed E-state index contributed by atoms with van der Waals surface area (Å²) < 4.78 is 43.2. The van der Waals surface area contributed by atoms with E-state index < -0.39 is 11.9 Å². The lowest BCUT2D eigenvalue weighted by molar-refractivity contribution is -0.140. The first-order chi connectivity index (χ1) is 12.5. The maximum atomic E-state index is 12.5. The Balaban J connectivity index is 1.61. The van der Waals surface area contributed by atoms with Gasteiger partial charge in [0.25, 0.3) is 0 Å². The highest BCUT2D eigenvalue weighted by atomic mass is 32.1. The fraction of sp³-hybridized carbons (Fsp3) is 0.412. The van der Waals surface area contributed by atoms with Crippen molar-refractivity contribution in [1.29, 1.82) is 0 Å². The van der Waals surface area contributed by atoms with Crippen LogP contribution in [0.5, 0.6) is 5.75 Å². The predicted octanol–water partition coefficient (Wildman–Crippen LogP) is 3.69. The van der Waals surface area contributed by atoms with Crippen LogP contribution in [0.25, 0.3) is 0 Å². The summed E-state index contributed by atoms with van der Waals surface area (Å²) in [5, 5.41) is 7.44. The molecule has 0 radical (unpaired) electrons. The summed E-state index contributed by atoms with van der Waals surface area (Å²) in [5.74, 6) is 1.37. The molecule has 0 aliphatic carbocycles. The van der Waals surface area contributed by atoms with E-state index in [-0.39, 0.29) is 6.54 Å². The van der Waals surface area contributed by atoms with Crippen LogP contribution >= 0.6 is 11.3 Å². The number of aromatic nitrogens is 1. The molecule has 0 spiro atoms. The number of guanidine groups is 1. The number of alkyl halides is 3. The summed E-state index contributed by atoms with van der Waals surface area (Å²) in [7, 11) is 1.61. The topological polar surface area (TPSA) is 58.5 Å². The number of para-hydroxylation sites is 1. The summed E-state index contributed by atoms with van der Waals surface area (Å²) in [6.07, 6.45) is -2.65. The number of rotatable bonds is 8. The van der Waals surface area contributed by atoms with Crippen LogP contribution in [-0.2, 0) is 12.7 Å². The van der Waals surface area contributed by atoms with Crippen LogP contribution in [0.2, 0.25) is 0 Å². The van der Waals surface area contributed by atoms with Gasteiger partial charge in [0.1, 0.15) is 10.8 Å². The quantitative estimate of drug-likeness (QED) is 0.413.